The number of rotatable bonds is 1. The standard InChI is InChI=1S/C28H27N5O4/c34-24-20-16-28(25(35)30-27(37)33(26(28)36)18-9-2-1-3-10-18)22-19-11-5-4-8-17(19)13-15-32(22)23(20)29-21-12-6-7-14-31(21)24/h4-8,11-12,14,18,22H,1-3,9-10,13,15-16H2,(H,30,35,37)/t22-,28-/m0/s1. The Morgan fingerprint density at radius 3 is 2.57 bits per heavy atom. The third-order valence-corrected chi connectivity index (χ3v) is 8.67. The second kappa shape index (κ2) is 7.99. The number of pyridine rings is 1. The van der Waals surface area contributed by atoms with Gasteiger partial charge in [0.15, 0.2) is 5.41 Å². The Hall–Kier alpha value is -4.01. The molecule has 3 aliphatic heterocycles. The molecule has 0 radical (unpaired) electrons. The summed E-state index contributed by atoms with van der Waals surface area (Å²) in [4.78, 5) is 63.5. The summed E-state index contributed by atoms with van der Waals surface area (Å²) in [5, 5.41) is 2.54. The average Bonchev–Trinajstić information content (AvgIpc) is 2.92. The molecule has 2 atom stereocenters. The topological polar surface area (TPSA) is 104 Å². The number of anilines is 1. The number of amides is 4. The van der Waals surface area contributed by atoms with Crippen LogP contribution in [0, 0.1) is 5.41 Å². The van der Waals surface area contributed by atoms with E-state index in [0.29, 0.717) is 30.0 Å². The van der Waals surface area contributed by atoms with E-state index in [-0.39, 0.29) is 18.0 Å². The van der Waals surface area contributed by atoms with E-state index in [2.05, 4.69) is 5.32 Å². The normalized spacial score (nSPS) is 25.6. The lowest BCUT2D eigenvalue weighted by atomic mass is 9.65. The average molecular weight is 498 g/mol. The summed E-state index contributed by atoms with van der Waals surface area (Å²) in [6.07, 6.45) is 6.61. The molecule has 1 saturated heterocycles. The predicted octanol–water partition coefficient (Wildman–Crippen LogP) is 2.75. The Morgan fingerprint density at radius 2 is 1.73 bits per heavy atom. The van der Waals surface area contributed by atoms with Gasteiger partial charge in [0.25, 0.3) is 5.56 Å². The van der Waals surface area contributed by atoms with E-state index in [1.807, 2.05) is 35.2 Å². The number of hydrogen-bond donors (Lipinski definition) is 1. The maximum atomic E-state index is 14.6. The van der Waals surface area contributed by atoms with Gasteiger partial charge >= 0.3 is 6.03 Å². The van der Waals surface area contributed by atoms with E-state index >= 15 is 0 Å². The number of benzene rings is 1. The number of urea groups is 1. The molecule has 0 unspecified atom stereocenters. The predicted molar refractivity (Wildman–Crippen MR) is 135 cm³/mol. The fourth-order valence-electron chi connectivity index (χ4n) is 6.95. The summed E-state index contributed by atoms with van der Waals surface area (Å²) in [6, 6.07) is 11.6. The summed E-state index contributed by atoms with van der Waals surface area (Å²) in [6.45, 7) is 0.504. The molecule has 1 spiro atoms. The molecule has 4 aliphatic rings. The molecular formula is C28H27N5O4. The maximum absolute atomic E-state index is 14.6. The Morgan fingerprint density at radius 1 is 0.946 bits per heavy atom. The van der Waals surface area contributed by atoms with Gasteiger partial charge in [-0.05, 0) is 42.5 Å². The Bertz CT molecular complexity index is 1540. The number of nitrogens with zero attached hydrogens (tertiary/aromatic N) is 4. The van der Waals surface area contributed by atoms with Gasteiger partial charge in [-0.3, -0.25) is 29.0 Å². The zero-order chi connectivity index (χ0) is 25.3. The highest BCUT2D eigenvalue weighted by Crippen LogP contribution is 2.53. The van der Waals surface area contributed by atoms with Gasteiger partial charge < -0.3 is 4.90 Å². The fourth-order valence-corrected chi connectivity index (χ4v) is 6.95. The molecule has 2 fully saturated rings. The van der Waals surface area contributed by atoms with Crippen molar-refractivity contribution in [2.75, 3.05) is 11.4 Å². The van der Waals surface area contributed by atoms with E-state index in [0.717, 1.165) is 43.2 Å². The fraction of sp³-hybridized carbons (Fsp3) is 0.393. The van der Waals surface area contributed by atoms with Crippen LogP contribution >= 0.6 is 0 Å². The van der Waals surface area contributed by atoms with Crippen molar-refractivity contribution in [2.24, 2.45) is 5.41 Å². The first-order valence-corrected chi connectivity index (χ1v) is 13.0. The van der Waals surface area contributed by atoms with E-state index in [1.54, 1.807) is 18.3 Å². The van der Waals surface area contributed by atoms with Crippen LogP contribution in [-0.2, 0) is 22.4 Å². The number of carbonyl (C=O) groups excluding carboxylic acids is 3. The first kappa shape index (κ1) is 22.2. The highest BCUT2D eigenvalue weighted by atomic mass is 16.2. The highest BCUT2D eigenvalue weighted by Gasteiger charge is 2.64. The second-order valence-electron chi connectivity index (χ2n) is 10.6. The van der Waals surface area contributed by atoms with Crippen molar-refractivity contribution in [1.29, 1.82) is 0 Å². The maximum Gasteiger partial charge on any atom is 0.331 e. The molecule has 4 amide bonds. The van der Waals surface area contributed by atoms with Gasteiger partial charge in [-0.1, -0.05) is 49.6 Å². The van der Waals surface area contributed by atoms with Gasteiger partial charge in [0, 0.05) is 25.2 Å². The number of barbiturate groups is 1. The van der Waals surface area contributed by atoms with Crippen molar-refractivity contribution in [3.8, 4) is 0 Å². The number of aromatic nitrogens is 2. The minimum atomic E-state index is -1.65. The third-order valence-electron chi connectivity index (χ3n) is 8.67. The number of fused-ring (bicyclic) bond motifs is 7. The van der Waals surface area contributed by atoms with Gasteiger partial charge in [-0.25, -0.2) is 9.78 Å². The van der Waals surface area contributed by atoms with Crippen LogP contribution in [0.5, 0.6) is 0 Å². The van der Waals surface area contributed by atoms with Crippen molar-refractivity contribution in [2.45, 2.75) is 57.0 Å². The summed E-state index contributed by atoms with van der Waals surface area (Å²) in [5.41, 5.74) is 0.832. The molecule has 1 aliphatic carbocycles. The Labute approximate surface area is 213 Å². The van der Waals surface area contributed by atoms with Crippen LogP contribution in [0.2, 0.25) is 0 Å². The molecule has 5 heterocycles. The number of carbonyl (C=O) groups is 3. The SMILES string of the molecule is O=C1NC(=O)[C@@]2(Cc3c(nc4ccccn4c3=O)N3CCc4ccccc4[C@H]32)C(=O)N1C1CCCCC1. The summed E-state index contributed by atoms with van der Waals surface area (Å²) in [5.74, 6) is -0.615. The van der Waals surface area contributed by atoms with Crippen molar-refractivity contribution in [3.63, 3.8) is 0 Å². The smallest absolute Gasteiger partial charge is 0.331 e. The molecule has 0 bridgehead atoms. The van der Waals surface area contributed by atoms with E-state index in [9.17, 15) is 19.2 Å². The highest BCUT2D eigenvalue weighted by molar-refractivity contribution is 6.20. The monoisotopic (exact) mass is 497 g/mol. The van der Waals surface area contributed by atoms with Crippen LogP contribution in [0.3, 0.4) is 0 Å². The minimum absolute atomic E-state index is 0.108. The van der Waals surface area contributed by atoms with Crippen LogP contribution in [0.15, 0.2) is 53.5 Å². The molecule has 2 aromatic heterocycles. The lowest BCUT2D eigenvalue weighted by Gasteiger charge is -2.54. The lowest BCUT2D eigenvalue weighted by Crippen LogP contribution is -2.71. The first-order valence-electron chi connectivity index (χ1n) is 13.0. The van der Waals surface area contributed by atoms with Gasteiger partial charge in [0.1, 0.15) is 11.5 Å². The van der Waals surface area contributed by atoms with E-state index in [1.165, 1.54) is 9.30 Å². The molecule has 9 nitrogen and oxygen atoms in total. The first-order chi connectivity index (χ1) is 18.0. The molecule has 3 aromatic rings. The Kier molecular flexibility index (Phi) is 4.80. The molecule has 1 N–H and O–H groups in total. The molecular weight excluding hydrogens is 470 g/mol. The second-order valence-corrected chi connectivity index (χ2v) is 10.6. The molecule has 37 heavy (non-hydrogen) atoms. The van der Waals surface area contributed by atoms with Crippen molar-refractivity contribution in [3.05, 3.63) is 75.7 Å². The van der Waals surface area contributed by atoms with E-state index < -0.39 is 29.3 Å². The zero-order valence-corrected chi connectivity index (χ0v) is 20.4. The summed E-state index contributed by atoms with van der Waals surface area (Å²) in [7, 11) is 0. The lowest BCUT2D eigenvalue weighted by molar-refractivity contribution is -0.156. The third kappa shape index (κ3) is 3.00. The van der Waals surface area contributed by atoms with Crippen molar-refractivity contribution < 1.29 is 14.4 Å². The quantitative estimate of drug-likeness (QED) is 0.519. The van der Waals surface area contributed by atoms with Crippen molar-refractivity contribution in [1.82, 2.24) is 19.6 Å². The van der Waals surface area contributed by atoms with Crippen LogP contribution < -0.4 is 15.8 Å². The van der Waals surface area contributed by atoms with Gasteiger partial charge in [0.2, 0.25) is 11.8 Å². The molecule has 7 rings (SSSR count). The van der Waals surface area contributed by atoms with E-state index in [4.69, 9.17) is 4.98 Å². The molecule has 1 aromatic carbocycles. The molecule has 188 valence electrons. The minimum Gasteiger partial charge on any atom is -0.347 e. The molecule has 1 saturated carbocycles. The zero-order valence-electron chi connectivity index (χ0n) is 20.4. The van der Waals surface area contributed by atoms with Gasteiger partial charge in [-0.15, -0.1) is 0 Å². The number of hydrogen-bond acceptors (Lipinski definition) is 6. The number of imide groups is 2. The van der Waals surface area contributed by atoms with Gasteiger partial charge in [0.05, 0.1) is 11.6 Å². The Balaban J connectivity index is 1.49. The van der Waals surface area contributed by atoms with Crippen molar-refractivity contribution >= 4 is 29.3 Å². The van der Waals surface area contributed by atoms with Crippen LogP contribution in [0.25, 0.3) is 5.65 Å². The summed E-state index contributed by atoms with van der Waals surface area (Å²) < 4.78 is 1.46. The van der Waals surface area contributed by atoms with Gasteiger partial charge in [-0.2, -0.15) is 0 Å². The van der Waals surface area contributed by atoms with Crippen LogP contribution in [0.1, 0.15) is 54.8 Å². The largest absolute Gasteiger partial charge is 0.347 e. The molecule has 9 heteroatoms. The van der Waals surface area contributed by atoms with Crippen LogP contribution in [0.4, 0.5) is 10.6 Å². The number of nitrogens with one attached hydrogen (secondary N) is 1. The van der Waals surface area contributed by atoms with Crippen LogP contribution in [-0.4, -0.2) is 44.7 Å². The summed E-state index contributed by atoms with van der Waals surface area (Å²) >= 11 is 0.